The van der Waals surface area contributed by atoms with Crippen molar-refractivity contribution in [1.29, 1.82) is 0 Å². The number of halogens is 1. The van der Waals surface area contributed by atoms with E-state index in [2.05, 4.69) is 31.8 Å². The molecular weight excluding hydrogens is 438 g/mol. The molecule has 4 rings (SSSR count). The number of carbonyl (C=O) groups excluding carboxylic acids is 2. The average Bonchev–Trinajstić information content (AvgIpc) is 3.16. The summed E-state index contributed by atoms with van der Waals surface area (Å²) < 4.78 is 6.23. The predicted octanol–water partition coefficient (Wildman–Crippen LogP) is 2.50. The third-order valence-corrected chi connectivity index (χ3v) is 5.43. The largest absolute Gasteiger partial charge is 0.495 e. The summed E-state index contributed by atoms with van der Waals surface area (Å²) in [5.74, 6) is -0.00326. The number of carbonyl (C=O) groups is 2. The predicted molar refractivity (Wildman–Crippen MR) is 112 cm³/mol. The molecule has 2 amide bonds. The number of nitrogens with zero attached hydrogens (tertiary/aromatic N) is 3. The van der Waals surface area contributed by atoms with Gasteiger partial charge in [0.2, 0.25) is 5.91 Å². The van der Waals surface area contributed by atoms with Gasteiger partial charge >= 0.3 is 0 Å². The fourth-order valence-electron chi connectivity index (χ4n) is 3.44. The van der Waals surface area contributed by atoms with E-state index in [0.717, 1.165) is 10.0 Å². The fourth-order valence-corrected chi connectivity index (χ4v) is 3.70. The van der Waals surface area contributed by atoms with E-state index in [1.807, 2.05) is 30.3 Å². The SMILES string of the molecule is COc1ccccc1NC(=O)CN1N=CN2NC(c3ccc(Br)cc3)CC2C1=O. The highest BCUT2D eigenvalue weighted by Crippen LogP contribution is 2.30. The minimum absolute atomic E-state index is 0.00542. The van der Waals surface area contributed by atoms with Gasteiger partial charge in [-0.25, -0.2) is 10.4 Å². The van der Waals surface area contributed by atoms with Gasteiger partial charge in [0.25, 0.3) is 5.91 Å². The van der Waals surface area contributed by atoms with Crippen LogP contribution in [-0.4, -0.2) is 47.9 Å². The Morgan fingerprint density at radius 3 is 2.79 bits per heavy atom. The molecule has 0 bridgehead atoms. The van der Waals surface area contributed by atoms with Crippen molar-refractivity contribution in [2.75, 3.05) is 19.0 Å². The van der Waals surface area contributed by atoms with Gasteiger partial charge in [-0.05, 0) is 36.2 Å². The lowest BCUT2D eigenvalue weighted by Gasteiger charge is -2.29. The summed E-state index contributed by atoms with van der Waals surface area (Å²) in [4.78, 5) is 25.3. The van der Waals surface area contributed by atoms with E-state index in [9.17, 15) is 9.59 Å². The quantitative estimate of drug-likeness (QED) is 0.720. The summed E-state index contributed by atoms with van der Waals surface area (Å²) in [5, 5.41) is 9.82. The second-order valence-electron chi connectivity index (χ2n) is 6.77. The van der Waals surface area contributed by atoms with E-state index in [4.69, 9.17) is 4.74 Å². The molecule has 9 heteroatoms. The van der Waals surface area contributed by atoms with Gasteiger partial charge in [-0.1, -0.05) is 40.2 Å². The van der Waals surface area contributed by atoms with Crippen LogP contribution in [0.5, 0.6) is 5.75 Å². The molecular formula is C20H20BrN5O3. The van der Waals surface area contributed by atoms with Crippen LogP contribution in [0.4, 0.5) is 5.69 Å². The van der Waals surface area contributed by atoms with Crippen molar-refractivity contribution in [2.24, 2.45) is 5.10 Å². The molecule has 150 valence electrons. The van der Waals surface area contributed by atoms with Gasteiger partial charge in [0.15, 0.2) is 0 Å². The number of ether oxygens (including phenoxy) is 1. The zero-order valence-corrected chi connectivity index (χ0v) is 17.3. The molecule has 0 spiro atoms. The molecule has 1 fully saturated rings. The smallest absolute Gasteiger partial charge is 0.267 e. The van der Waals surface area contributed by atoms with Gasteiger partial charge in [0.05, 0.1) is 18.8 Å². The Balaban J connectivity index is 1.40. The first kappa shape index (κ1) is 19.4. The number of hydrogen-bond acceptors (Lipinski definition) is 6. The van der Waals surface area contributed by atoms with Crippen LogP contribution in [0.3, 0.4) is 0 Å². The van der Waals surface area contributed by atoms with Crippen LogP contribution in [0.1, 0.15) is 18.0 Å². The highest BCUT2D eigenvalue weighted by atomic mass is 79.9. The van der Waals surface area contributed by atoms with E-state index in [0.29, 0.717) is 17.9 Å². The maximum atomic E-state index is 12.9. The van der Waals surface area contributed by atoms with Gasteiger partial charge in [-0.2, -0.15) is 5.10 Å². The van der Waals surface area contributed by atoms with Crippen LogP contribution in [0.15, 0.2) is 58.1 Å². The van der Waals surface area contributed by atoms with Gasteiger partial charge in [0.1, 0.15) is 24.7 Å². The molecule has 0 radical (unpaired) electrons. The lowest BCUT2D eigenvalue weighted by Crippen LogP contribution is -2.52. The molecule has 2 aromatic carbocycles. The summed E-state index contributed by atoms with van der Waals surface area (Å²) in [7, 11) is 1.53. The van der Waals surface area contributed by atoms with Gasteiger partial charge in [-0.15, -0.1) is 0 Å². The molecule has 29 heavy (non-hydrogen) atoms. The van der Waals surface area contributed by atoms with Gasteiger partial charge < -0.3 is 10.1 Å². The summed E-state index contributed by atoms with van der Waals surface area (Å²) >= 11 is 3.43. The minimum atomic E-state index is -0.403. The fraction of sp³-hybridized carbons (Fsp3) is 0.250. The van der Waals surface area contributed by atoms with E-state index < -0.39 is 6.04 Å². The number of amides is 2. The van der Waals surface area contributed by atoms with Crippen LogP contribution in [0.25, 0.3) is 0 Å². The number of methoxy groups -OCH3 is 1. The molecule has 2 unspecified atom stereocenters. The first-order valence-electron chi connectivity index (χ1n) is 9.13. The van der Waals surface area contributed by atoms with Crippen LogP contribution in [-0.2, 0) is 9.59 Å². The number of hydrazone groups is 1. The third-order valence-electron chi connectivity index (χ3n) is 4.90. The highest BCUT2D eigenvalue weighted by Gasteiger charge is 2.41. The second kappa shape index (κ2) is 8.22. The van der Waals surface area contributed by atoms with Crippen molar-refractivity contribution in [3.63, 3.8) is 0 Å². The number of rotatable bonds is 5. The number of hydrazine groups is 1. The van der Waals surface area contributed by atoms with Crippen molar-refractivity contribution in [1.82, 2.24) is 15.4 Å². The maximum Gasteiger partial charge on any atom is 0.267 e. The van der Waals surface area contributed by atoms with E-state index >= 15 is 0 Å². The Morgan fingerprint density at radius 1 is 1.28 bits per heavy atom. The maximum absolute atomic E-state index is 12.9. The third kappa shape index (κ3) is 4.10. The lowest BCUT2D eigenvalue weighted by atomic mass is 10.0. The molecule has 8 nitrogen and oxygen atoms in total. The number of anilines is 1. The molecule has 0 aromatic heterocycles. The summed E-state index contributed by atoms with van der Waals surface area (Å²) in [6.07, 6.45) is 2.15. The van der Waals surface area contributed by atoms with Crippen molar-refractivity contribution in [2.45, 2.75) is 18.5 Å². The van der Waals surface area contributed by atoms with E-state index in [1.54, 1.807) is 29.5 Å². The Morgan fingerprint density at radius 2 is 2.03 bits per heavy atom. The standard InChI is InChI=1S/C20H20BrN5O3/c1-29-18-5-3-2-4-15(18)23-19(27)11-25-20(28)17-10-16(24-26(17)12-22-25)13-6-8-14(21)9-7-13/h2-9,12,16-17,24H,10-11H2,1H3,(H,23,27). The van der Waals surface area contributed by atoms with Crippen molar-refractivity contribution < 1.29 is 14.3 Å². The van der Waals surface area contributed by atoms with Crippen LogP contribution < -0.4 is 15.5 Å². The Labute approximate surface area is 176 Å². The van der Waals surface area contributed by atoms with Crippen LogP contribution >= 0.6 is 15.9 Å². The summed E-state index contributed by atoms with van der Waals surface area (Å²) in [6, 6.07) is 14.7. The molecule has 2 aliphatic rings. The Hall–Kier alpha value is -2.91. The van der Waals surface area contributed by atoms with Crippen molar-refractivity contribution in [3.8, 4) is 5.75 Å². The van der Waals surface area contributed by atoms with E-state index in [-0.39, 0.29) is 24.4 Å². The van der Waals surface area contributed by atoms with Crippen LogP contribution in [0.2, 0.25) is 0 Å². The monoisotopic (exact) mass is 457 g/mol. The zero-order chi connectivity index (χ0) is 20.4. The second-order valence-corrected chi connectivity index (χ2v) is 7.68. The zero-order valence-electron chi connectivity index (χ0n) is 15.7. The van der Waals surface area contributed by atoms with Crippen molar-refractivity contribution >= 4 is 39.8 Å². The first-order valence-corrected chi connectivity index (χ1v) is 9.93. The summed E-state index contributed by atoms with van der Waals surface area (Å²) in [5.41, 5.74) is 4.93. The topological polar surface area (TPSA) is 86.3 Å². The van der Waals surface area contributed by atoms with Gasteiger partial charge in [-0.3, -0.25) is 14.6 Å². The minimum Gasteiger partial charge on any atom is -0.495 e. The molecule has 0 aliphatic carbocycles. The molecule has 0 saturated carbocycles. The molecule has 1 saturated heterocycles. The number of nitrogens with one attached hydrogen (secondary N) is 2. The van der Waals surface area contributed by atoms with E-state index in [1.165, 1.54) is 12.1 Å². The summed E-state index contributed by atoms with van der Waals surface area (Å²) in [6.45, 7) is -0.166. The molecule has 2 heterocycles. The number of benzene rings is 2. The number of para-hydroxylation sites is 2. The Bertz CT molecular complexity index is 949. The van der Waals surface area contributed by atoms with Crippen LogP contribution in [0, 0.1) is 0 Å². The highest BCUT2D eigenvalue weighted by molar-refractivity contribution is 9.10. The first-order chi connectivity index (χ1) is 14.0. The number of fused-ring (bicyclic) bond motifs is 1. The van der Waals surface area contributed by atoms with Crippen molar-refractivity contribution in [3.05, 3.63) is 58.6 Å². The Kier molecular flexibility index (Phi) is 5.50. The molecule has 2 atom stereocenters. The molecule has 2 aromatic rings. The molecule has 2 N–H and O–H groups in total. The normalized spacial score (nSPS) is 20.6. The lowest BCUT2D eigenvalue weighted by molar-refractivity contribution is -0.139. The molecule has 2 aliphatic heterocycles. The van der Waals surface area contributed by atoms with Gasteiger partial charge in [0, 0.05) is 4.47 Å². The number of hydrogen-bond donors (Lipinski definition) is 2. The average molecular weight is 458 g/mol.